The molecule has 1 aromatic heterocycles. The normalized spacial score (nSPS) is 19.1. The smallest absolute Gasteiger partial charge is 0.341 e. The topological polar surface area (TPSA) is 108 Å². The lowest BCUT2D eigenvalue weighted by atomic mass is 10.1. The Bertz CT molecular complexity index is 640. The fourth-order valence-corrected chi connectivity index (χ4v) is 3.25. The van der Waals surface area contributed by atoms with Crippen molar-refractivity contribution < 1.29 is 23.9 Å². The quantitative estimate of drug-likeness (QED) is 0.761. The van der Waals surface area contributed by atoms with E-state index in [1.807, 2.05) is 6.92 Å². The predicted molar refractivity (Wildman–Crippen MR) is 85.1 cm³/mol. The molecule has 126 valence electrons. The van der Waals surface area contributed by atoms with Crippen LogP contribution in [0.25, 0.3) is 0 Å². The summed E-state index contributed by atoms with van der Waals surface area (Å²) < 4.78 is 10.2. The van der Waals surface area contributed by atoms with Gasteiger partial charge in [-0.25, -0.2) is 4.79 Å². The molecule has 1 fully saturated rings. The Labute approximate surface area is 138 Å². The molecular formula is C15H20N2O5S. The van der Waals surface area contributed by atoms with E-state index in [0.29, 0.717) is 11.5 Å². The zero-order valence-electron chi connectivity index (χ0n) is 13.3. The van der Waals surface area contributed by atoms with E-state index in [1.54, 1.807) is 6.92 Å². The fourth-order valence-electron chi connectivity index (χ4n) is 2.25. The summed E-state index contributed by atoms with van der Waals surface area (Å²) in [5.74, 6) is -1.11. The van der Waals surface area contributed by atoms with Crippen LogP contribution in [0.5, 0.6) is 0 Å². The molecule has 0 bridgehead atoms. The number of ether oxygens (including phenoxy) is 2. The summed E-state index contributed by atoms with van der Waals surface area (Å²) in [5, 5.41) is 2.66. The van der Waals surface area contributed by atoms with Crippen LogP contribution in [0.2, 0.25) is 0 Å². The van der Waals surface area contributed by atoms with E-state index in [2.05, 4.69) is 5.32 Å². The van der Waals surface area contributed by atoms with Gasteiger partial charge in [0.15, 0.2) is 0 Å². The standard InChI is InChI=1S/C15H20N2O5S/c1-4-21-15(20)10-9(6-22-14(19)8-5-7(8)2)11(13(18)17-3)23-12(10)16/h7-8H,4-6,16H2,1-3H3,(H,17,18)/t7-,8+/m0/s1. The van der Waals surface area contributed by atoms with Crippen LogP contribution < -0.4 is 11.1 Å². The number of rotatable bonds is 6. The number of nitrogens with two attached hydrogens (primary N) is 1. The maximum atomic E-state index is 12.1. The van der Waals surface area contributed by atoms with Crippen molar-refractivity contribution in [1.82, 2.24) is 5.32 Å². The van der Waals surface area contributed by atoms with Crippen LogP contribution in [0.15, 0.2) is 0 Å². The molecule has 0 aromatic carbocycles. The number of nitrogen functional groups attached to an aromatic ring is 1. The number of carbonyl (C=O) groups is 3. The van der Waals surface area contributed by atoms with E-state index in [-0.39, 0.29) is 46.4 Å². The Morgan fingerprint density at radius 2 is 2.00 bits per heavy atom. The lowest BCUT2D eigenvalue weighted by Crippen LogP contribution is -2.20. The minimum absolute atomic E-state index is 0.0968. The Morgan fingerprint density at radius 3 is 2.52 bits per heavy atom. The van der Waals surface area contributed by atoms with E-state index < -0.39 is 5.97 Å². The molecular weight excluding hydrogens is 320 g/mol. The average Bonchev–Trinajstić information content (AvgIpc) is 3.15. The Hall–Kier alpha value is -2.09. The molecule has 1 saturated carbocycles. The van der Waals surface area contributed by atoms with Gasteiger partial charge >= 0.3 is 11.9 Å². The van der Waals surface area contributed by atoms with Crippen LogP contribution in [0.1, 0.15) is 45.9 Å². The molecule has 0 spiro atoms. The maximum Gasteiger partial charge on any atom is 0.341 e. The highest BCUT2D eigenvalue weighted by Gasteiger charge is 2.41. The molecule has 0 unspecified atom stereocenters. The number of amides is 1. The molecule has 1 aromatic rings. The summed E-state index contributed by atoms with van der Waals surface area (Å²) >= 11 is 0.978. The number of nitrogens with one attached hydrogen (secondary N) is 1. The summed E-state index contributed by atoms with van der Waals surface area (Å²) in [6.45, 7) is 3.65. The van der Waals surface area contributed by atoms with Crippen LogP contribution >= 0.6 is 11.3 Å². The van der Waals surface area contributed by atoms with Crippen LogP contribution in [0, 0.1) is 11.8 Å². The second-order valence-corrected chi connectivity index (χ2v) is 6.43. The monoisotopic (exact) mass is 340 g/mol. The molecule has 0 radical (unpaired) electrons. The first-order valence-corrected chi connectivity index (χ1v) is 8.19. The van der Waals surface area contributed by atoms with Crippen LogP contribution in [-0.2, 0) is 20.9 Å². The van der Waals surface area contributed by atoms with Crippen molar-refractivity contribution >= 4 is 34.2 Å². The van der Waals surface area contributed by atoms with Crippen molar-refractivity contribution in [2.75, 3.05) is 19.4 Å². The number of carbonyl (C=O) groups excluding carboxylic acids is 3. The summed E-state index contributed by atoms with van der Waals surface area (Å²) in [7, 11) is 1.48. The molecule has 0 saturated heterocycles. The average molecular weight is 340 g/mol. The number of hydrogen-bond acceptors (Lipinski definition) is 7. The van der Waals surface area contributed by atoms with Crippen molar-refractivity contribution in [3.8, 4) is 0 Å². The second-order valence-electron chi connectivity index (χ2n) is 5.38. The Kier molecular flexibility index (Phi) is 5.25. The molecule has 23 heavy (non-hydrogen) atoms. The van der Waals surface area contributed by atoms with Gasteiger partial charge in [-0.05, 0) is 19.3 Å². The van der Waals surface area contributed by atoms with Gasteiger partial charge in [-0.3, -0.25) is 9.59 Å². The lowest BCUT2D eigenvalue weighted by molar-refractivity contribution is -0.146. The van der Waals surface area contributed by atoms with Crippen molar-refractivity contribution in [2.45, 2.75) is 26.9 Å². The minimum atomic E-state index is -0.623. The molecule has 1 aliphatic rings. The van der Waals surface area contributed by atoms with Gasteiger partial charge in [-0.1, -0.05) is 6.92 Å². The van der Waals surface area contributed by atoms with Gasteiger partial charge in [0, 0.05) is 12.6 Å². The third-order valence-electron chi connectivity index (χ3n) is 3.72. The highest BCUT2D eigenvalue weighted by molar-refractivity contribution is 7.18. The molecule has 8 heteroatoms. The molecule has 7 nitrogen and oxygen atoms in total. The van der Waals surface area contributed by atoms with Gasteiger partial charge in [0.05, 0.1) is 12.5 Å². The first kappa shape index (κ1) is 17.3. The van der Waals surface area contributed by atoms with E-state index in [0.717, 1.165) is 17.8 Å². The van der Waals surface area contributed by atoms with E-state index in [1.165, 1.54) is 7.05 Å². The largest absolute Gasteiger partial charge is 0.462 e. The predicted octanol–water partition coefficient (Wildman–Crippen LogP) is 1.57. The highest BCUT2D eigenvalue weighted by Crippen LogP contribution is 2.39. The van der Waals surface area contributed by atoms with Crippen molar-refractivity contribution in [2.24, 2.45) is 11.8 Å². The zero-order chi connectivity index (χ0) is 17.1. The number of anilines is 1. The lowest BCUT2D eigenvalue weighted by Gasteiger charge is -2.08. The fraction of sp³-hybridized carbons (Fsp3) is 0.533. The van der Waals surface area contributed by atoms with Gasteiger partial charge in [0.2, 0.25) is 0 Å². The number of thiophene rings is 1. The maximum absolute atomic E-state index is 12.1. The van der Waals surface area contributed by atoms with Crippen molar-refractivity contribution in [3.63, 3.8) is 0 Å². The van der Waals surface area contributed by atoms with Gasteiger partial charge < -0.3 is 20.5 Å². The second kappa shape index (κ2) is 6.99. The summed E-state index contributed by atoms with van der Waals surface area (Å²) in [6, 6.07) is 0. The van der Waals surface area contributed by atoms with Crippen LogP contribution in [0.3, 0.4) is 0 Å². The van der Waals surface area contributed by atoms with E-state index >= 15 is 0 Å². The Balaban J connectivity index is 2.27. The van der Waals surface area contributed by atoms with Crippen molar-refractivity contribution in [1.29, 1.82) is 0 Å². The summed E-state index contributed by atoms with van der Waals surface area (Å²) in [4.78, 5) is 36.2. The van der Waals surface area contributed by atoms with Crippen LogP contribution in [-0.4, -0.2) is 31.5 Å². The molecule has 1 heterocycles. The van der Waals surface area contributed by atoms with Gasteiger partial charge in [0.1, 0.15) is 22.0 Å². The first-order chi connectivity index (χ1) is 10.9. The molecule has 2 rings (SSSR count). The minimum Gasteiger partial charge on any atom is -0.462 e. The molecule has 0 aliphatic heterocycles. The number of esters is 2. The SMILES string of the molecule is CCOC(=O)c1c(N)sc(C(=O)NC)c1COC(=O)[C@@H]1C[C@@H]1C. The summed E-state index contributed by atoms with van der Waals surface area (Å²) in [5.41, 5.74) is 6.27. The molecule has 1 aliphatic carbocycles. The van der Waals surface area contributed by atoms with Crippen LogP contribution in [0.4, 0.5) is 5.00 Å². The van der Waals surface area contributed by atoms with Gasteiger partial charge in [-0.15, -0.1) is 11.3 Å². The third-order valence-corrected chi connectivity index (χ3v) is 4.78. The molecule has 1 amide bonds. The number of hydrogen-bond donors (Lipinski definition) is 2. The third kappa shape index (κ3) is 3.64. The molecule has 2 atom stereocenters. The Morgan fingerprint density at radius 1 is 1.35 bits per heavy atom. The van der Waals surface area contributed by atoms with Gasteiger partial charge in [-0.2, -0.15) is 0 Å². The molecule has 3 N–H and O–H groups in total. The zero-order valence-corrected chi connectivity index (χ0v) is 14.1. The van der Waals surface area contributed by atoms with E-state index in [4.69, 9.17) is 15.2 Å². The van der Waals surface area contributed by atoms with Gasteiger partial charge in [0.25, 0.3) is 5.91 Å². The summed E-state index contributed by atoms with van der Waals surface area (Å²) in [6.07, 6.45) is 0.803. The highest BCUT2D eigenvalue weighted by atomic mass is 32.1. The van der Waals surface area contributed by atoms with E-state index in [9.17, 15) is 14.4 Å². The van der Waals surface area contributed by atoms with Crippen molar-refractivity contribution in [3.05, 3.63) is 16.0 Å². The first-order valence-electron chi connectivity index (χ1n) is 7.37.